The Balaban J connectivity index is 1.84. The van der Waals surface area contributed by atoms with E-state index in [9.17, 15) is 10.1 Å². The third-order valence-electron chi connectivity index (χ3n) is 3.83. The second-order valence-corrected chi connectivity index (χ2v) is 6.44. The highest BCUT2D eigenvalue weighted by Crippen LogP contribution is 2.27. The van der Waals surface area contributed by atoms with Gasteiger partial charge >= 0.3 is 0 Å². The van der Waals surface area contributed by atoms with E-state index in [0.29, 0.717) is 16.5 Å². The van der Waals surface area contributed by atoms with E-state index in [1.54, 1.807) is 18.2 Å². The number of nitrogens with zero attached hydrogens (tertiary/aromatic N) is 3. The number of hydrogen-bond donors (Lipinski definition) is 0. The van der Waals surface area contributed by atoms with Crippen molar-refractivity contribution in [3.05, 3.63) is 75.7 Å². The number of benzene rings is 2. The quantitative estimate of drug-likeness (QED) is 0.437. The Morgan fingerprint density at radius 2 is 1.92 bits per heavy atom. The van der Waals surface area contributed by atoms with Gasteiger partial charge < -0.3 is 4.42 Å². The molecule has 1 aromatic heterocycles. The SMILES string of the molecule is CC(C)c1ccc(/C=C(\Cl)c2nnc(-c3cccc([N+](=O)[O-])c3)o2)cc1. The maximum Gasteiger partial charge on any atom is 0.270 e. The van der Waals surface area contributed by atoms with Crippen LogP contribution in [-0.2, 0) is 0 Å². The van der Waals surface area contributed by atoms with Gasteiger partial charge in [-0.3, -0.25) is 10.1 Å². The molecule has 0 fully saturated rings. The molecule has 132 valence electrons. The lowest BCUT2D eigenvalue weighted by molar-refractivity contribution is -0.384. The predicted octanol–water partition coefficient (Wildman–Crippen LogP) is 5.51. The van der Waals surface area contributed by atoms with Crippen molar-refractivity contribution in [1.82, 2.24) is 10.2 Å². The van der Waals surface area contributed by atoms with Crippen molar-refractivity contribution in [2.45, 2.75) is 19.8 Å². The first-order valence-electron chi connectivity index (χ1n) is 8.00. The van der Waals surface area contributed by atoms with Crippen LogP contribution in [0, 0.1) is 10.1 Å². The van der Waals surface area contributed by atoms with E-state index in [-0.39, 0.29) is 17.5 Å². The van der Waals surface area contributed by atoms with Gasteiger partial charge in [0.15, 0.2) is 0 Å². The molecule has 0 unspecified atom stereocenters. The minimum absolute atomic E-state index is 0.0471. The van der Waals surface area contributed by atoms with E-state index in [1.165, 1.54) is 17.7 Å². The summed E-state index contributed by atoms with van der Waals surface area (Å²) >= 11 is 6.28. The maximum absolute atomic E-state index is 10.9. The second kappa shape index (κ2) is 7.49. The summed E-state index contributed by atoms with van der Waals surface area (Å²) in [4.78, 5) is 10.4. The number of aromatic nitrogens is 2. The normalized spacial score (nSPS) is 11.8. The Morgan fingerprint density at radius 3 is 2.58 bits per heavy atom. The molecular formula is C19H16ClN3O3. The molecule has 3 rings (SSSR count). The van der Waals surface area contributed by atoms with Crippen molar-refractivity contribution in [3.8, 4) is 11.5 Å². The number of halogens is 1. The van der Waals surface area contributed by atoms with Crippen LogP contribution in [0.4, 0.5) is 5.69 Å². The zero-order chi connectivity index (χ0) is 18.7. The van der Waals surface area contributed by atoms with Crippen molar-refractivity contribution in [2.75, 3.05) is 0 Å². The van der Waals surface area contributed by atoms with Crippen molar-refractivity contribution < 1.29 is 9.34 Å². The van der Waals surface area contributed by atoms with Crippen molar-refractivity contribution in [2.24, 2.45) is 0 Å². The molecule has 0 aliphatic heterocycles. The molecule has 0 N–H and O–H groups in total. The van der Waals surface area contributed by atoms with Crippen LogP contribution in [0.15, 0.2) is 52.9 Å². The number of nitro benzene ring substituents is 1. The molecule has 0 aliphatic rings. The lowest BCUT2D eigenvalue weighted by atomic mass is 10.0. The van der Waals surface area contributed by atoms with Crippen LogP contribution in [0.3, 0.4) is 0 Å². The van der Waals surface area contributed by atoms with Gasteiger partial charge in [0.25, 0.3) is 11.6 Å². The van der Waals surface area contributed by atoms with Gasteiger partial charge in [-0.1, -0.05) is 55.8 Å². The molecular weight excluding hydrogens is 354 g/mol. The van der Waals surface area contributed by atoms with Crippen molar-refractivity contribution in [3.63, 3.8) is 0 Å². The summed E-state index contributed by atoms with van der Waals surface area (Å²) in [6.07, 6.45) is 1.73. The molecule has 0 aliphatic carbocycles. The summed E-state index contributed by atoms with van der Waals surface area (Å²) in [5, 5.41) is 19.0. The summed E-state index contributed by atoms with van der Waals surface area (Å²) < 4.78 is 5.56. The third kappa shape index (κ3) is 3.97. The maximum atomic E-state index is 10.9. The largest absolute Gasteiger partial charge is 0.415 e. The summed E-state index contributed by atoms with van der Waals surface area (Å²) in [7, 11) is 0. The van der Waals surface area contributed by atoms with Gasteiger partial charge in [0.1, 0.15) is 5.03 Å². The zero-order valence-corrected chi connectivity index (χ0v) is 15.0. The number of nitro groups is 1. The van der Waals surface area contributed by atoms with Crippen molar-refractivity contribution >= 4 is 28.4 Å². The van der Waals surface area contributed by atoms with Crippen LogP contribution in [0.1, 0.15) is 36.8 Å². The summed E-state index contributed by atoms with van der Waals surface area (Å²) in [6.45, 7) is 4.26. The number of rotatable bonds is 5. The Labute approximate surface area is 155 Å². The first-order valence-corrected chi connectivity index (χ1v) is 8.37. The van der Waals surface area contributed by atoms with Crippen LogP contribution in [0.2, 0.25) is 0 Å². The van der Waals surface area contributed by atoms with E-state index in [4.69, 9.17) is 16.0 Å². The first kappa shape index (κ1) is 17.8. The highest BCUT2D eigenvalue weighted by atomic mass is 35.5. The van der Waals surface area contributed by atoms with Crippen molar-refractivity contribution in [1.29, 1.82) is 0 Å². The molecule has 26 heavy (non-hydrogen) atoms. The lowest BCUT2D eigenvalue weighted by Crippen LogP contribution is -1.88. The molecule has 0 radical (unpaired) electrons. The summed E-state index contributed by atoms with van der Waals surface area (Å²) in [5.41, 5.74) is 2.57. The Hall–Kier alpha value is -2.99. The van der Waals surface area contributed by atoms with Crippen LogP contribution in [-0.4, -0.2) is 15.1 Å². The molecule has 0 bridgehead atoms. The molecule has 0 spiro atoms. The Kier molecular flexibility index (Phi) is 5.14. The van der Waals surface area contributed by atoms with Gasteiger partial charge in [-0.25, -0.2) is 0 Å². The third-order valence-corrected chi connectivity index (χ3v) is 4.10. The van der Waals surface area contributed by atoms with Gasteiger partial charge in [-0.2, -0.15) is 0 Å². The van der Waals surface area contributed by atoms with E-state index in [0.717, 1.165) is 5.56 Å². The molecule has 7 heteroatoms. The molecule has 0 saturated carbocycles. The number of non-ortho nitro benzene ring substituents is 1. The number of hydrogen-bond acceptors (Lipinski definition) is 5. The molecule has 0 saturated heterocycles. The first-order chi connectivity index (χ1) is 12.4. The van der Waals surface area contributed by atoms with Gasteiger partial charge in [-0.05, 0) is 29.2 Å². The Morgan fingerprint density at radius 1 is 1.19 bits per heavy atom. The van der Waals surface area contributed by atoms with E-state index in [1.807, 2.05) is 24.3 Å². The molecule has 0 atom stereocenters. The fraction of sp³-hybridized carbons (Fsp3) is 0.158. The smallest absolute Gasteiger partial charge is 0.270 e. The topological polar surface area (TPSA) is 82.1 Å². The fourth-order valence-corrected chi connectivity index (χ4v) is 2.58. The minimum atomic E-state index is -0.478. The summed E-state index contributed by atoms with van der Waals surface area (Å²) in [6, 6.07) is 14.0. The van der Waals surface area contributed by atoms with E-state index in [2.05, 4.69) is 24.0 Å². The van der Waals surface area contributed by atoms with E-state index >= 15 is 0 Å². The van der Waals surface area contributed by atoms with Gasteiger partial charge in [0.05, 0.1) is 4.92 Å². The van der Waals surface area contributed by atoms with E-state index < -0.39 is 4.92 Å². The zero-order valence-electron chi connectivity index (χ0n) is 14.2. The van der Waals surface area contributed by atoms with Gasteiger partial charge in [0.2, 0.25) is 5.89 Å². The standard InChI is InChI=1S/C19H16ClN3O3/c1-12(2)14-8-6-13(7-9-14)10-17(20)19-22-21-18(26-19)15-4-3-5-16(11-15)23(24)25/h3-12H,1-2H3/b17-10-. The molecule has 0 amide bonds. The van der Waals surface area contributed by atoms with Crippen LogP contribution in [0.25, 0.3) is 22.6 Å². The highest BCUT2D eigenvalue weighted by molar-refractivity contribution is 6.50. The van der Waals surface area contributed by atoms with Crippen LogP contribution < -0.4 is 0 Å². The summed E-state index contributed by atoms with van der Waals surface area (Å²) in [5.74, 6) is 0.781. The van der Waals surface area contributed by atoms with Gasteiger partial charge in [0, 0.05) is 17.7 Å². The van der Waals surface area contributed by atoms with Crippen LogP contribution >= 0.6 is 11.6 Å². The minimum Gasteiger partial charge on any atom is -0.415 e. The lowest BCUT2D eigenvalue weighted by Gasteiger charge is -2.04. The predicted molar refractivity (Wildman–Crippen MR) is 101 cm³/mol. The van der Waals surface area contributed by atoms with Crippen LogP contribution in [0.5, 0.6) is 0 Å². The molecule has 6 nitrogen and oxygen atoms in total. The van der Waals surface area contributed by atoms with Gasteiger partial charge in [-0.15, -0.1) is 10.2 Å². The fourth-order valence-electron chi connectivity index (χ4n) is 2.37. The average molecular weight is 370 g/mol. The second-order valence-electron chi connectivity index (χ2n) is 6.03. The average Bonchev–Trinajstić information content (AvgIpc) is 3.12. The monoisotopic (exact) mass is 369 g/mol. The molecule has 1 heterocycles. The molecule has 3 aromatic rings. The highest BCUT2D eigenvalue weighted by Gasteiger charge is 2.14. The Bertz CT molecular complexity index is 962. The molecule has 2 aromatic carbocycles.